The van der Waals surface area contributed by atoms with Crippen LogP contribution in [0.4, 0.5) is 0 Å². The second kappa shape index (κ2) is 9.70. The Balaban J connectivity index is 1.92. The van der Waals surface area contributed by atoms with Gasteiger partial charge < -0.3 is 24.1 Å². The Hall–Kier alpha value is -4.26. The molecule has 0 saturated carbocycles. The van der Waals surface area contributed by atoms with Crippen molar-refractivity contribution in [1.29, 1.82) is 0 Å². The quantitative estimate of drug-likeness (QED) is 0.385. The predicted molar refractivity (Wildman–Crippen MR) is 126 cm³/mol. The third-order valence-corrected chi connectivity index (χ3v) is 5.62. The van der Waals surface area contributed by atoms with Crippen molar-refractivity contribution in [2.75, 3.05) is 21.0 Å². The van der Waals surface area contributed by atoms with Gasteiger partial charge in [-0.2, -0.15) is 0 Å². The third-order valence-electron chi connectivity index (χ3n) is 5.62. The summed E-state index contributed by atoms with van der Waals surface area (Å²) >= 11 is 0. The van der Waals surface area contributed by atoms with Crippen LogP contribution in [0, 0.1) is 6.92 Å². The molecule has 7 nitrogen and oxygen atoms in total. The number of rotatable bonds is 8. The number of allylic oxidation sites excluding steroid dienone is 1. The van der Waals surface area contributed by atoms with Crippen LogP contribution < -0.4 is 18.9 Å². The van der Waals surface area contributed by atoms with Crippen molar-refractivity contribution in [3.05, 3.63) is 88.5 Å². The number of aryl methyl sites for hydroxylation is 1. The number of benzene rings is 3. The van der Waals surface area contributed by atoms with E-state index in [1.54, 1.807) is 37.4 Å². The minimum absolute atomic E-state index is 0.00218. The molecule has 0 radical (unpaired) electrons. The van der Waals surface area contributed by atoms with Gasteiger partial charge in [-0.15, -0.1) is 0 Å². The number of carbonyl (C=O) groups is 2. The van der Waals surface area contributed by atoms with E-state index in [1.165, 1.54) is 7.11 Å². The molecular weight excluding hydrogens is 436 g/mol. The number of hydrogen-bond donors (Lipinski definition) is 1. The van der Waals surface area contributed by atoms with Crippen LogP contribution in [0.15, 0.2) is 66.2 Å². The van der Waals surface area contributed by atoms with Gasteiger partial charge in [0.05, 0.1) is 19.8 Å². The summed E-state index contributed by atoms with van der Waals surface area (Å²) in [5, 5.41) is 10.3. The van der Waals surface area contributed by atoms with E-state index in [1.807, 2.05) is 37.3 Å². The summed E-state index contributed by atoms with van der Waals surface area (Å²) in [6.45, 7) is 1.83. The lowest BCUT2D eigenvalue weighted by atomic mass is 9.89. The van der Waals surface area contributed by atoms with Gasteiger partial charge in [0.15, 0.2) is 17.3 Å². The lowest BCUT2D eigenvalue weighted by molar-refractivity contribution is -0.130. The number of carboxylic acids is 1. The SMILES string of the molecule is COc1ccc(C(=O)C(Cc2ccccc2)=C(C(=O)O)c2cc(OC)c3c(c2)OCO3)cc1C. The molecule has 0 unspecified atom stereocenters. The monoisotopic (exact) mass is 460 g/mol. The summed E-state index contributed by atoms with van der Waals surface area (Å²) in [5.41, 5.74) is 2.26. The average molecular weight is 460 g/mol. The van der Waals surface area contributed by atoms with Gasteiger partial charge in [0.1, 0.15) is 5.75 Å². The minimum Gasteiger partial charge on any atom is -0.496 e. The second-order valence-corrected chi connectivity index (χ2v) is 7.75. The molecule has 174 valence electrons. The number of methoxy groups -OCH3 is 2. The zero-order valence-electron chi connectivity index (χ0n) is 19.1. The molecule has 0 atom stereocenters. The standard InChI is InChI=1S/C27H24O7/c1-16-11-18(9-10-21(16)31-2)25(28)20(12-17-7-5-4-6-8-17)24(27(29)30)19-13-22(32-3)26-23(14-19)33-15-34-26/h4-11,13-14H,12,15H2,1-3H3,(H,29,30). The van der Waals surface area contributed by atoms with Crippen LogP contribution in [-0.2, 0) is 11.2 Å². The third kappa shape index (κ3) is 4.45. The highest BCUT2D eigenvalue weighted by molar-refractivity contribution is 6.26. The first kappa shape index (κ1) is 22.9. The number of fused-ring (bicyclic) bond motifs is 1. The van der Waals surface area contributed by atoms with E-state index in [0.29, 0.717) is 28.6 Å². The van der Waals surface area contributed by atoms with Gasteiger partial charge in [0, 0.05) is 17.6 Å². The molecule has 1 aliphatic rings. The first-order valence-corrected chi connectivity index (χ1v) is 10.6. The van der Waals surface area contributed by atoms with Gasteiger partial charge in [0.25, 0.3) is 0 Å². The average Bonchev–Trinajstić information content (AvgIpc) is 3.32. The largest absolute Gasteiger partial charge is 0.496 e. The molecule has 4 rings (SSSR count). The maximum Gasteiger partial charge on any atom is 0.336 e. The highest BCUT2D eigenvalue weighted by Gasteiger charge is 2.28. The van der Waals surface area contributed by atoms with Crippen molar-refractivity contribution >= 4 is 17.3 Å². The Bertz CT molecular complexity index is 1280. The molecule has 0 spiro atoms. The van der Waals surface area contributed by atoms with E-state index in [2.05, 4.69) is 0 Å². The fourth-order valence-corrected chi connectivity index (χ4v) is 3.98. The molecule has 0 aliphatic carbocycles. The van der Waals surface area contributed by atoms with Crippen molar-refractivity contribution < 1.29 is 33.6 Å². The first-order valence-electron chi connectivity index (χ1n) is 10.6. The van der Waals surface area contributed by atoms with Gasteiger partial charge in [0.2, 0.25) is 12.5 Å². The first-order chi connectivity index (χ1) is 16.4. The molecule has 0 aromatic heterocycles. The van der Waals surface area contributed by atoms with E-state index < -0.39 is 5.97 Å². The molecule has 7 heteroatoms. The van der Waals surface area contributed by atoms with Crippen LogP contribution in [0.3, 0.4) is 0 Å². The van der Waals surface area contributed by atoms with E-state index in [4.69, 9.17) is 18.9 Å². The molecule has 1 heterocycles. The molecule has 3 aromatic rings. The van der Waals surface area contributed by atoms with Crippen LogP contribution in [-0.4, -0.2) is 37.9 Å². The molecule has 0 amide bonds. The van der Waals surface area contributed by atoms with Crippen LogP contribution >= 0.6 is 0 Å². The Morgan fingerprint density at radius 2 is 1.65 bits per heavy atom. The summed E-state index contributed by atoms with van der Waals surface area (Å²) in [5.74, 6) is 0.117. The Morgan fingerprint density at radius 1 is 0.912 bits per heavy atom. The summed E-state index contributed by atoms with van der Waals surface area (Å²) in [6.07, 6.45) is 0.128. The summed E-state index contributed by atoms with van der Waals surface area (Å²) in [7, 11) is 3.02. The number of Topliss-reactive ketones (excluding diaryl/α,β-unsaturated/α-hetero) is 1. The maximum absolute atomic E-state index is 13.8. The smallest absolute Gasteiger partial charge is 0.336 e. The topological polar surface area (TPSA) is 91.3 Å². The number of carbonyl (C=O) groups excluding carboxylic acids is 1. The van der Waals surface area contributed by atoms with Gasteiger partial charge in [-0.05, 0) is 53.9 Å². The van der Waals surface area contributed by atoms with Gasteiger partial charge in [-0.1, -0.05) is 30.3 Å². The van der Waals surface area contributed by atoms with Crippen molar-refractivity contribution in [3.8, 4) is 23.0 Å². The van der Waals surface area contributed by atoms with E-state index >= 15 is 0 Å². The lowest BCUT2D eigenvalue weighted by Crippen LogP contribution is -2.14. The van der Waals surface area contributed by atoms with Crippen LogP contribution in [0.25, 0.3) is 5.57 Å². The zero-order valence-corrected chi connectivity index (χ0v) is 19.1. The van der Waals surface area contributed by atoms with Crippen molar-refractivity contribution in [2.24, 2.45) is 0 Å². The number of hydrogen-bond acceptors (Lipinski definition) is 6. The Kier molecular flexibility index (Phi) is 6.54. The van der Waals surface area contributed by atoms with E-state index in [0.717, 1.165) is 11.1 Å². The summed E-state index contributed by atoms with van der Waals surface area (Å²) in [4.78, 5) is 26.4. The number of carboxylic acid groups (broad SMARTS) is 1. The molecule has 34 heavy (non-hydrogen) atoms. The Labute approximate surface area is 197 Å². The van der Waals surface area contributed by atoms with Crippen molar-refractivity contribution in [3.63, 3.8) is 0 Å². The molecule has 3 aromatic carbocycles. The van der Waals surface area contributed by atoms with E-state index in [9.17, 15) is 14.7 Å². The zero-order chi connectivity index (χ0) is 24.2. The predicted octanol–water partition coefficient (Wildman–Crippen LogP) is 4.70. The number of ether oxygens (including phenoxy) is 4. The normalized spacial score (nSPS) is 12.7. The molecule has 1 aliphatic heterocycles. The van der Waals surface area contributed by atoms with Crippen LogP contribution in [0.5, 0.6) is 23.0 Å². The van der Waals surface area contributed by atoms with Crippen molar-refractivity contribution in [1.82, 2.24) is 0 Å². The summed E-state index contributed by atoms with van der Waals surface area (Å²) in [6, 6.07) is 17.4. The number of ketones is 1. The molecule has 0 saturated heterocycles. The van der Waals surface area contributed by atoms with Gasteiger partial charge >= 0.3 is 5.97 Å². The highest BCUT2D eigenvalue weighted by Crippen LogP contribution is 2.44. The number of aliphatic carboxylic acids is 1. The minimum atomic E-state index is -1.23. The van der Waals surface area contributed by atoms with Crippen LogP contribution in [0.2, 0.25) is 0 Å². The fourth-order valence-electron chi connectivity index (χ4n) is 3.98. The molecule has 0 fully saturated rings. The molecule has 1 N–H and O–H groups in total. The molecule has 0 bridgehead atoms. The van der Waals surface area contributed by atoms with E-state index in [-0.39, 0.29) is 35.7 Å². The van der Waals surface area contributed by atoms with Gasteiger partial charge in [-0.25, -0.2) is 4.79 Å². The van der Waals surface area contributed by atoms with Gasteiger partial charge in [-0.3, -0.25) is 4.79 Å². The second-order valence-electron chi connectivity index (χ2n) is 7.75. The summed E-state index contributed by atoms with van der Waals surface area (Å²) < 4.78 is 21.6. The van der Waals surface area contributed by atoms with Crippen molar-refractivity contribution in [2.45, 2.75) is 13.3 Å². The fraction of sp³-hybridized carbons (Fsp3) is 0.185. The Morgan fingerprint density at radius 3 is 2.29 bits per heavy atom. The van der Waals surface area contributed by atoms with Crippen LogP contribution in [0.1, 0.15) is 27.0 Å². The lowest BCUT2D eigenvalue weighted by Gasteiger charge is -2.15. The maximum atomic E-state index is 13.8. The highest BCUT2D eigenvalue weighted by atomic mass is 16.7. The molecular formula is C27H24O7.